The molecular weight excluding hydrogens is 423 g/mol. The van der Waals surface area contributed by atoms with Crippen molar-refractivity contribution in [3.05, 3.63) is 58.9 Å². The largest absolute Gasteiger partial charge is 0.394 e. The molecule has 1 atom stereocenters. The molecule has 2 saturated heterocycles. The van der Waals surface area contributed by atoms with E-state index in [2.05, 4.69) is 11.0 Å². The van der Waals surface area contributed by atoms with E-state index in [-0.39, 0.29) is 24.3 Å². The molecule has 4 rings (SSSR count). The number of carbonyl (C=O) groups excluding carboxylic acids is 2. The summed E-state index contributed by atoms with van der Waals surface area (Å²) in [5, 5.41) is 19.1. The fourth-order valence-corrected chi connectivity index (χ4v) is 4.67. The predicted octanol–water partition coefficient (Wildman–Crippen LogP) is 2.82. The second kappa shape index (κ2) is 9.59. The number of nitriles is 1. The van der Waals surface area contributed by atoms with Gasteiger partial charge >= 0.3 is 0 Å². The molecule has 0 radical (unpaired) electrons. The number of ketones is 1. The van der Waals surface area contributed by atoms with Crippen molar-refractivity contribution in [3.8, 4) is 6.07 Å². The number of nitrogens with zero attached hydrogens (tertiary/aromatic N) is 4. The highest BCUT2D eigenvalue weighted by molar-refractivity contribution is 6.00. The van der Waals surface area contributed by atoms with E-state index in [1.54, 1.807) is 35.2 Å². The lowest BCUT2D eigenvalue weighted by Crippen LogP contribution is -2.49. The van der Waals surface area contributed by atoms with E-state index in [9.17, 15) is 24.3 Å². The van der Waals surface area contributed by atoms with Crippen LogP contribution in [0.25, 0.3) is 0 Å². The highest BCUT2D eigenvalue weighted by Crippen LogP contribution is 2.31. The number of halogens is 1. The number of hydrogen-bond donors (Lipinski definition) is 1. The topological polar surface area (TPSA) is 87.9 Å². The van der Waals surface area contributed by atoms with Crippen LogP contribution in [-0.2, 0) is 0 Å². The molecule has 2 aliphatic rings. The van der Waals surface area contributed by atoms with Crippen LogP contribution in [0.4, 0.5) is 15.8 Å². The molecule has 2 aromatic rings. The Balaban J connectivity index is 1.52. The third kappa shape index (κ3) is 4.55. The van der Waals surface area contributed by atoms with Crippen molar-refractivity contribution in [3.63, 3.8) is 0 Å². The van der Waals surface area contributed by atoms with Gasteiger partial charge in [0.2, 0.25) is 0 Å². The smallest absolute Gasteiger partial charge is 0.256 e. The lowest BCUT2D eigenvalue weighted by molar-refractivity contribution is 0.0746. The quantitative estimate of drug-likeness (QED) is 0.705. The van der Waals surface area contributed by atoms with E-state index >= 15 is 0 Å². The third-order valence-corrected chi connectivity index (χ3v) is 6.52. The number of rotatable bonds is 5. The molecule has 2 heterocycles. The molecule has 0 spiro atoms. The highest BCUT2D eigenvalue weighted by Gasteiger charge is 2.30. The van der Waals surface area contributed by atoms with Gasteiger partial charge in [0.05, 0.1) is 35.5 Å². The summed E-state index contributed by atoms with van der Waals surface area (Å²) in [5.74, 6) is -0.805. The summed E-state index contributed by atoms with van der Waals surface area (Å²) >= 11 is 0. The minimum absolute atomic E-state index is 0.0142. The first-order valence-corrected chi connectivity index (χ1v) is 11.2. The second-order valence-corrected chi connectivity index (χ2v) is 8.52. The van der Waals surface area contributed by atoms with Gasteiger partial charge in [-0.15, -0.1) is 0 Å². The van der Waals surface area contributed by atoms with Gasteiger partial charge in [0.15, 0.2) is 5.78 Å². The first kappa shape index (κ1) is 22.7. The molecule has 1 unspecified atom stereocenters. The molecule has 0 saturated carbocycles. The van der Waals surface area contributed by atoms with E-state index in [1.807, 2.05) is 4.90 Å². The van der Waals surface area contributed by atoms with Crippen LogP contribution in [-0.4, -0.2) is 67.1 Å². The van der Waals surface area contributed by atoms with Crippen molar-refractivity contribution in [1.29, 1.82) is 5.26 Å². The van der Waals surface area contributed by atoms with Gasteiger partial charge in [-0.3, -0.25) is 9.59 Å². The van der Waals surface area contributed by atoms with E-state index in [1.165, 1.54) is 13.0 Å². The number of Topliss-reactive ketones (excluding diaryl/α,β-unsaturated/α-hetero) is 1. The summed E-state index contributed by atoms with van der Waals surface area (Å²) in [7, 11) is 0. The number of anilines is 2. The zero-order valence-electron chi connectivity index (χ0n) is 18.6. The maximum Gasteiger partial charge on any atom is 0.256 e. The molecule has 8 heteroatoms. The number of benzene rings is 2. The molecule has 2 aliphatic heterocycles. The zero-order valence-corrected chi connectivity index (χ0v) is 18.6. The Bertz CT molecular complexity index is 1110. The van der Waals surface area contributed by atoms with Crippen LogP contribution in [0.3, 0.4) is 0 Å². The Morgan fingerprint density at radius 1 is 1.09 bits per heavy atom. The maximum atomic E-state index is 14.6. The molecule has 1 amide bonds. The van der Waals surface area contributed by atoms with E-state index in [0.29, 0.717) is 48.6 Å². The number of hydrogen-bond acceptors (Lipinski definition) is 6. The minimum atomic E-state index is -0.449. The molecule has 2 fully saturated rings. The lowest BCUT2D eigenvalue weighted by Gasteiger charge is -2.37. The SMILES string of the molecule is CC(=O)c1ccc(N2CCN(C(=O)c3cc(C#N)ccc3N3CCCC3CO)CC2)c(F)c1. The standard InChI is InChI=1S/C25H27FN4O3/c1-17(32)19-5-7-24(22(26)14-19)28-9-11-29(12-10-28)25(33)21-13-18(15-27)4-6-23(21)30-8-2-3-20(30)16-31/h4-7,13-14,20,31H,2-3,8-12,16H2,1H3. The van der Waals surface area contributed by atoms with E-state index in [0.717, 1.165) is 25.1 Å². The molecular formula is C25H27FN4O3. The zero-order chi connectivity index (χ0) is 23.5. The van der Waals surface area contributed by atoms with Gasteiger partial charge in [0.1, 0.15) is 5.82 Å². The fraction of sp³-hybridized carbons (Fsp3) is 0.400. The Labute approximate surface area is 192 Å². The van der Waals surface area contributed by atoms with Gasteiger partial charge in [-0.25, -0.2) is 4.39 Å². The highest BCUT2D eigenvalue weighted by atomic mass is 19.1. The Hall–Kier alpha value is -3.44. The molecule has 1 N–H and O–H groups in total. The summed E-state index contributed by atoms with van der Waals surface area (Å²) in [6.45, 7) is 3.90. The van der Waals surface area contributed by atoms with Crippen molar-refractivity contribution in [2.24, 2.45) is 0 Å². The van der Waals surface area contributed by atoms with Crippen molar-refractivity contribution in [2.45, 2.75) is 25.8 Å². The average molecular weight is 451 g/mol. The van der Waals surface area contributed by atoms with Crippen molar-refractivity contribution >= 4 is 23.1 Å². The molecule has 172 valence electrons. The molecule has 33 heavy (non-hydrogen) atoms. The summed E-state index contributed by atoms with van der Waals surface area (Å²) in [6.07, 6.45) is 1.79. The Morgan fingerprint density at radius 2 is 1.82 bits per heavy atom. The lowest BCUT2D eigenvalue weighted by atomic mass is 10.0. The fourth-order valence-electron chi connectivity index (χ4n) is 4.67. The normalized spacial score (nSPS) is 18.4. The van der Waals surface area contributed by atoms with Crippen LogP contribution >= 0.6 is 0 Å². The third-order valence-electron chi connectivity index (χ3n) is 6.52. The van der Waals surface area contributed by atoms with E-state index < -0.39 is 5.82 Å². The Kier molecular flexibility index (Phi) is 6.61. The van der Waals surface area contributed by atoms with Crippen molar-refractivity contribution in [1.82, 2.24) is 4.90 Å². The number of aliphatic hydroxyl groups is 1. The van der Waals surface area contributed by atoms with Gasteiger partial charge in [-0.2, -0.15) is 5.26 Å². The second-order valence-electron chi connectivity index (χ2n) is 8.52. The maximum absolute atomic E-state index is 14.6. The predicted molar refractivity (Wildman–Crippen MR) is 123 cm³/mol. The summed E-state index contributed by atoms with van der Waals surface area (Å²) in [6, 6.07) is 11.7. The molecule has 0 aliphatic carbocycles. The number of piperazine rings is 1. The number of amides is 1. The summed E-state index contributed by atoms with van der Waals surface area (Å²) in [4.78, 5) is 30.6. The first-order chi connectivity index (χ1) is 15.9. The number of aliphatic hydroxyl groups excluding tert-OH is 1. The van der Waals surface area contributed by atoms with Crippen molar-refractivity contribution < 1.29 is 19.1 Å². The molecule has 0 bridgehead atoms. The van der Waals surface area contributed by atoms with Gasteiger partial charge in [-0.05, 0) is 56.2 Å². The summed E-state index contributed by atoms with van der Waals surface area (Å²) < 4.78 is 14.6. The monoisotopic (exact) mass is 450 g/mol. The molecule has 7 nitrogen and oxygen atoms in total. The number of carbonyl (C=O) groups is 2. The van der Waals surface area contributed by atoms with Crippen LogP contribution in [0.15, 0.2) is 36.4 Å². The Morgan fingerprint density at radius 3 is 2.45 bits per heavy atom. The van der Waals surface area contributed by atoms with Gasteiger partial charge < -0.3 is 19.8 Å². The van der Waals surface area contributed by atoms with Crippen molar-refractivity contribution in [2.75, 3.05) is 49.1 Å². The molecule has 0 aromatic heterocycles. The van der Waals surface area contributed by atoms with Crippen LogP contribution < -0.4 is 9.80 Å². The average Bonchev–Trinajstić information content (AvgIpc) is 3.32. The minimum Gasteiger partial charge on any atom is -0.394 e. The van der Waals surface area contributed by atoms with Crippen LogP contribution in [0.2, 0.25) is 0 Å². The van der Waals surface area contributed by atoms with Gasteiger partial charge in [0, 0.05) is 44.0 Å². The van der Waals surface area contributed by atoms with Gasteiger partial charge in [0.25, 0.3) is 5.91 Å². The van der Waals surface area contributed by atoms with Gasteiger partial charge in [-0.1, -0.05) is 0 Å². The van der Waals surface area contributed by atoms with E-state index in [4.69, 9.17) is 0 Å². The summed E-state index contributed by atoms with van der Waals surface area (Å²) in [5.41, 5.74) is 2.36. The van der Waals surface area contributed by atoms with Crippen LogP contribution in [0.1, 0.15) is 46.0 Å². The molecule has 2 aromatic carbocycles. The van der Waals surface area contributed by atoms with Crippen LogP contribution in [0.5, 0.6) is 0 Å². The van der Waals surface area contributed by atoms with Crippen LogP contribution in [0, 0.1) is 17.1 Å². The first-order valence-electron chi connectivity index (χ1n) is 11.2.